The van der Waals surface area contributed by atoms with Gasteiger partial charge in [0.05, 0.1) is 16.8 Å². The van der Waals surface area contributed by atoms with Crippen molar-refractivity contribution in [2.24, 2.45) is 0 Å². The molecule has 0 atom stereocenters. The van der Waals surface area contributed by atoms with Crippen molar-refractivity contribution in [3.63, 3.8) is 0 Å². The highest BCUT2D eigenvalue weighted by Gasteiger charge is 2.12. The number of aryl methyl sites for hydroxylation is 1. The topological polar surface area (TPSA) is 62.1 Å². The fourth-order valence-electron chi connectivity index (χ4n) is 1.70. The Kier molecular flexibility index (Phi) is 4.81. The number of rotatable bonds is 4. The van der Waals surface area contributed by atoms with Crippen molar-refractivity contribution in [2.75, 3.05) is 5.32 Å². The lowest BCUT2D eigenvalue weighted by Gasteiger charge is -2.13. The molecular formula is C16H13ClN2O2. The minimum Gasteiger partial charge on any atom is -0.454 e. The number of carbonyl (C=O) groups excluding carboxylic acids is 1. The monoisotopic (exact) mass is 300 g/mol. The van der Waals surface area contributed by atoms with Gasteiger partial charge in [0.1, 0.15) is 12.2 Å². The zero-order chi connectivity index (χ0) is 15.2. The number of halogens is 1. The summed E-state index contributed by atoms with van der Waals surface area (Å²) in [4.78, 5) is 11.5. The lowest BCUT2D eigenvalue weighted by molar-refractivity contribution is -0.115. The molecule has 0 saturated carbocycles. The maximum atomic E-state index is 11.5. The largest absolute Gasteiger partial charge is 0.454 e. The van der Waals surface area contributed by atoms with E-state index in [2.05, 4.69) is 5.32 Å². The van der Waals surface area contributed by atoms with Gasteiger partial charge in [-0.25, -0.2) is 0 Å². The quantitative estimate of drug-likeness (QED) is 0.916. The van der Waals surface area contributed by atoms with Gasteiger partial charge in [0.2, 0.25) is 5.91 Å². The van der Waals surface area contributed by atoms with Crippen molar-refractivity contribution < 1.29 is 9.53 Å². The molecule has 5 heteroatoms. The predicted octanol–water partition coefficient (Wildman–Crippen LogP) is 4.29. The Balaban J connectivity index is 2.27. The number of anilines is 1. The standard InChI is InChI=1S/C16H13ClN2O2/c1-11-5-7-12(8-6-11)21-16-13(17)3-2-4-14(16)19-15(20)9-10-18/h2-8H,9H2,1H3,(H,19,20). The number of benzene rings is 2. The number of nitrogens with zero attached hydrogens (tertiary/aromatic N) is 1. The molecule has 0 fully saturated rings. The molecule has 21 heavy (non-hydrogen) atoms. The van der Waals surface area contributed by atoms with Gasteiger partial charge in [-0.2, -0.15) is 5.26 Å². The average molecular weight is 301 g/mol. The molecule has 2 aromatic carbocycles. The van der Waals surface area contributed by atoms with Gasteiger partial charge in [0.15, 0.2) is 5.75 Å². The molecule has 4 nitrogen and oxygen atoms in total. The van der Waals surface area contributed by atoms with Gasteiger partial charge < -0.3 is 10.1 Å². The molecule has 0 aliphatic heterocycles. The summed E-state index contributed by atoms with van der Waals surface area (Å²) in [5, 5.41) is 11.5. The number of carbonyl (C=O) groups is 1. The zero-order valence-corrected chi connectivity index (χ0v) is 12.1. The Morgan fingerprint density at radius 1 is 1.29 bits per heavy atom. The van der Waals surface area contributed by atoms with Crippen LogP contribution in [-0.4, -0.2) is 5.91 Å². The van der Waals surface area contributed by atoms with Crippen LogP contribution in [0.1, 0.15) is 12.0 Å². The summed E-state index contributed by atoms with van der Waals surface area (Å²) in [6.07, 6.45) is -0.226. The second kappa shape index (κ2) is 6.78. The number of nitriles is 1. The molecule has 0 spiro atoms. The van der Waals surface area contributed by atoms with E-state index < -0.39 is 5.91 Å². The number of nitrogens with one attached hydrogen (secondary N) is 1. The fourth-order valence-corrected chi connectivity index (χ4v) is 1.91. The first kappa shape index (κ1) is 14.9. The number of para-hydroxylation sites is 1. The van der Waals surface area contributed by atoms with Crippen LogP contribution in [0.4, 0.5) is 5.69 Å². The Labute approximate surface area is 127 Å². The summed E-state index contributed by atoms with van der Waals surface area (Å²) in [6, 6.07) is 14.3. The maximum Gasteiger partial charge on any atom is 0.238 e. The second-order valence-electron chi connectivity index (χ2n) is 4.41. The lowest BCUT2D eigenvalue weighted by atomic mass is 10.2. The van der Waals surface area contributed by atoms with Crippen molar-refractivity contribution in [2.45, 2.75) is 13.3 Å². The first-order valence-corrected chi connectivity index (χ1v) is 6.68. The van der Waals surface area contributed by atoms with E-state index in [9.17, 15) is 4.79 Å². The van der Waals surface area contributed by atoms with Gasteiger partial charge in [-0.15, -0.1) is 0 Å². The van der Waals surface area contributed by atoms with Crippen molar-refractivity contribution in [1.29, 1.82) is 5.26 Å². The first-order chi connectivity index (χ1) is 10.1. The second-order valence-corrected chi connectivity index (χ2v) is 4.82. The van der Waals surface area contributed by atoms with Crippen LogP contribution in [0.5, 0.6) is 11.5 Å². The third-order valence-electron chi connectivity index (χ3n) is 2.72. The van der Waals surface area contributed by atoms with Crippen LogP contribution < -0.4 is 10.1 Å². The van der Waals surface area contributed by atoms with Gasteiger partial charge in [0, 0.05) is 0 Å². The average Bonchev–Trinajstić information content (AvgIpc) is 2.45. The molecule has 106 valence electrons. The van der Waals surface area contributed by atoms with Gasteiger partial charge in [-0.3, -0.25) is 4.79 Å². The molecule has 0 unspecified atom stereocenters. The van der Waals surface area contributed by atoms with E-state index in [0.29, 0.717) is 22.2 Å². The third-order valence-corrected chi connectivity index (χ3v) is 3.02. The van der Waals surface area contributed by atoms with Crippen LogP contribution >= 0.6 is 11.6 Å². The van der Waals surface area contributed by atoms with Gasteiger partial charge in [-0.05, 0) is 31.2 Å². The van der Waals surface area contributed by atoms with E-state index in [0.717, 1.165) is 5.56 Å². The molecule has 2 aromatic rings. The number of ether oxygens (including phenoxy) is 1. The molecule has 0 aromatic heterocycles. The van der Waals surface area contributed by atoms with Crippen LogP contribution in [0.15, 0.2) is 42.5 Å². The Morgan fingerprint density at radius 2 is 2.00 bits per heavy atom. The minimum absolute atomic E-state index is 0.226. The van der Waals surface area contributed by atoms with Crippen LogP contribution in [0.3, 0.4) is 0 Å². The smallest absolute Gasteiger partial charge is 0.238 e. The highest BCUT2D eigenvalue weighted by atomic mass is 35.5. The molecule has 0 bridgehead atoms. The molecule has 0 aliphatic rings. The van der Waals surface area contributed by atoms with Crippen molar-refractivity contribution in [1.82, 2.24) is 0 Å². The Bertz CT molecular complexity index is 690. The normalized spacial score (nSPS) is 9.76. The number of hydrogen-bond acceptors (Lipinski definition) is 3. The van der Waals surface area contributed by atoms with Gasteiger partial charge in [-0.1, -0.05) is 35.4 Å². The fraction of sp³-hybridized carbons (Fsp3) is 0.125. The predicted molar refractivity (Wildman–Crippen MR) is 81.6 cm³/mol. The Morgan fingerprint density at radius 3 is 2.67 bits per heavy atom. The first-order valence-electron chi connectivity index (χ1n) is 6.30. The van der Waals surface area contributed by atoms with Crippen LogP contribution in [0, 0.1) is 18.3 Å². The van der Waals surface area contributed by atoms with E-state index in [-0.39, 0.29) is 6.42 Å². The number of hydrogen-bond donors (Lipinski definition) is 1. The number of amides is 1. The lowest BCUT2D eigenvalue weighted by Crippen LogP contribution is -2.11. The van der Waals surface area contributed by atoms with Gasteiger partial charge >= 0.3 is 0 Å². The molecule has 0 heterocycles. The minimum atomic E-state index is -0.409. The summed E-state index contributed by atoms with van der Waals surface area (Å²) in [6.45, 7) is 1.98. The Hall–Kier alpha value is -2.51. The summed E-state index contributed by atoms with van der Waals surface area (Å²) in [5.74, 6) is 0.562. The highest BCUT2D eigenvalue weighted by molar-refractivity contribution is 6.32. The van der Waals surface area contributed by atoms with Gasteiger partial charge in [0.25, 0.3) is 0 Å². The van der Waals surface area contributed by atoms with Crippen LogP contribution in [0.2, 0.25) is 5.02 Å². The summed E-state index contributed by atoms with van der Waals surface area (Å²) in [7, 11) is 0. The molecular weight excluding hydrogens is 288 g/mol. The summed E-state index contributed by atoms with van der Waals surface area (Å²) in [5.41, 5.74) is 1.55. The maximum absolute atomic E-state index is 11.5. The third kappa shape index (κ3) is 3.98. The van der Waals surface area contributed by atoms with E-state index >= 15 is 0 Å². The van der Waals surface area contributed by atoms with Crippen LogP contribution in [0.25, 0.3) is 0 Å². The van der Waals surface area contributed by atoms with Crippen molar-refractivity contribution in [3.05, 3.63) is 53.1 Å². The van der Waals surface area contributed by atoms with E-state index in [1.807, 2.05) is 31.2 Å². The molecule has 0 radical (unpaired) electrons. The molecule has 1 amide bonds. The highest BCUT2D eigenvalue weighted by Crippen LogP contribution is 2.36. The molecule has 0 aliphatic carbocycles. The van der Waals surface area contributed by atoms with Crippen LogP contribution in [-0.2, 0) is 4.79 Å². The van der Waals surface area contributed by atoms with E-state index in [1.165, 1.54) is 0 Å². The summed E-state index contributed by atoms with van der Waals surface area (Å²) < 4.78 is 5.74. The SMILES string of the molecule is Cc1ccc(Oc2c(Cl)cccc2NC(=O)CC#N)cc1. The zero-order valence-electron chi connectivity index (χ0n) is 11.4. The molecule has 2 rings (SSSR count). The van der Waals surface area contributed by atoms with E-state index in [1.54, 1.807) is 24.3 Å². The van der Waals surface area contributed by atoms with E-state index in [4.69, 9.17) is 21.6 Å². The molecule has 0 saturated heterocycles. The summed E-state index contributed by atoms with van der Waals surface area (Å²) >= 11 is 6.13. The van der Waals surface area contributed by atoms with Crippen molar-refractivity contribution >= 4 is 23.2 Å². The van der Waals surface area contributed by atoms with Crippen molar-refractivity contribution in [3.8, 4) is 17.6 Å². The molecule has 1 N–H and O–H groups in total.